The molecule has 116 valence electrons. The first kappa shape index (κ1) is 13.8. The van der Waals surface area contributed by atoms with Crippen LogP contribution in [0.5, 0.6) is 0 Å². The van der Waals surface area contributed by atoms with E-state index in [4.69, 9.17) is 4.42 Å². The highest BCUT2D eigenvalue weighted by molar-refractivity contribution is 5.80. The van der Waals surface area contributed by atoms with Crippen LogP contribution in [0.25, 0.3) is 11.1 Å². The molecule has 1 heterocycles. The molecular weight excluding hydrogens is 292 g/mol. The third-order valence-corrected chi connectivity index (χ3v) is 4.34. The van der Waals surface area contributed by atoms with Crippen LogP contribution in [0.3, 0.4) is 0 Å². The first-order valence-electron chi connectivity index (χ1n) is 7.68. The summed E-state index contributed by atoms with van der Waals surface area (Å²) in [5.74, 6) is -0.687. The maximum Gasteiger partial charge on any atom is 0.420 e. The van der Waals surface area contributed by atoms with Crippen LogP contribution in [0, 0.1) is 0 Å². The molecule has 0 bridgehead atoms. The van der Waals surface area contributed by atoms with Gasteiger partial charge in [-0.2, -0.15) is 0 Å². The summed E-state index contributed by atoms with van der Waals surface area (Å²) in [6.45, 7) is -0.0332. The molecule has 0 spiro atoms. The third-order valence-electron chi connectivity index (χ3n) is 4.34. The minimum atomic E-state index is -0.506. The molecule has 23 heavy (non-hydrogen) atoms. The van der Waals surface area contributed by atoms with E-state index >= 15 is 0 Å². The number of aryl methyl sites for hydroxylation is 1. The molecule has 5 heteroatoms. The van der Waals surface area contributed by atoms with E-state index < -0.39 is 5.76 Å². The van der Waals surface area contributed by atoms with Gasteiger partial charge in [-0.05, 0) is 36.1 Å². The van der Waals surface area contributed by atoms with Gasteiger partial charge in [0.15, 0.2) is 5.58 Å². The number of oxazole rings is 1. The molecule has 0 saturated heterocycles. The molecule has 0 saturated carbocycles. The van der Waals surface area contributed by atoms with E-state index in [0.717, 1.165) is 12.8 Å². The Labute approximate surface area is 132 Å². The number of rotatable bonds is 3. The number of hydrogen-bond acceptors (Lipinski definition) is 3. The second-order valence-electron chi connectivity index (χ2n) is 5.78. The molecular formula is C18H16N2O3. The van der Waals surface area contributed by atoms with Crippen molar-refractivity contribution in [2.75, 3.05) is 0 Å². The Hall–Kier alpha value is -2.82. The fourth-order valence-corrected chi connectivity index (χ4v) is 3.25. The quantitative estimate of drug-likeness (QED) is 0.808. The van der Waals surface area contributed by atoms with Crippen molar-refractivity contribution in [2.24, 2.45) is 0 Å². The van der Waals surface area contributed by atoms with Crippen LogP contribution >= 0.6 is 0 Å². The molecule has 1 atom stereocenters. The first-order valence-corrected chi connectivity index (χ1v) is 7.68. The van der Waals surface area contributed by atoms with Crippen molar-refractivity contribution in [3.8, 4) is 0 Å². The molecule has 2 aromatic carbocycles. The molecule has 3 aromatic rings. The minimum absolute atomic E-state index is 0.0209. The van der Waals surface area contributed by atoms with E-state index in [1.165, 1.54) is 15.7 Å². The second-order valence-corrected chi connectivity index (χ2v) is 5.78. The number of carbonyl (C=O) groups excluding carboxylic acids is 1. The Morgan fingerprint density at radius 3 is 2.87 bits per heavy atom. The van der Waals surface area contributed by atoms with Crippen molar-refractivity contribution in [3.05, 3.63) is 70.2 Å². The summed E-state index contributed by atoms with van der Waals surface area (Å²) in [6.07, 6.45) is 1.86. The van der Waals surface area contributed by atoms with Crippen LogP contribution in [0.15, 0.2) is 57.7 Å². The van der Waals surface area contributed by atoms with Crippen LogP contribution in [0.1, 0.15) is 23.6 Å². The predicted octanol–water partition coefficient (Wildman–Crippen LogP) is 2.40. The molecule has 1 aliphatic rings. The lowest BCUT2D eigenvalue weighted by molar-refractivity contribution is -0.122. The van der Waals surface area contributed by atoms with Gasteiger partial charge in [0.2, 0.25) is 5.91 Å². The lowest BCUT2D eigenvalue weighted by Gasteiger charge is -2.14. The summed E-state index contributed by atoms with van der Waals surface area (Å²) in [7, 11) is 0. The van der Waals surface area contributed by atoms with E-state index in [9.17, 15) is 9.59 Å². The van der Waals surface area contributed by atoms with Crippen LogP contribution in [-0.4, -0.2) is 10.5 Å². The summed E-state index contributed by atoms with van der Waals surface area (Å²) in [5.41, 5.74) is 3.59. The van der Waals surface area contributed by atoms with Crippen molar-refractivity contribution in [1.82, 2.24) is 9.88 Å². The largest absolute Gasteiger partial charge is 0.420 e. The van der Waals surface area contributed by atoms with Gasteiger partial charge in [-0.15, -0.1) is 0 Å². The zero-order chi connectivity index (χ0) is 15.8. The highest BCUT2D eigenvalue weighted by Crippen LogP contribution is 2.30. The number of amides is 1. The smallest absolute Gasteiger partial charge is 0.408 e. The summed E-state index contributed by atoms with van der Waals surface area (Å²) in [5, 5.41) is 3.02. The molecule has 0 fully saturated rings. The Balaban J connectivity index is 1.55. The van der Waals surface area contributed by atoms with Gasteiger partial charge in [0.25, 0.3) is 0 Å². The average Bonchev–Trinajstić information content (AvgIpc) is 3.10. The standard InChI is InChI=1S/C18H16N2O3/c21-17(19-14-10-9-12-5-1-2-6-13(12)14)11-20-15-7-3-4-8-16(15)23-18(20)22/h1-8,14H,9-11H2,(H,19,21). The summed E-state index contributed by atoms with van der Waals surface area (Å²) < 4.78 is 6.52. The van der Waals surface area contributed by atoms with Crippen molar-refractivity contribution >= 4 is 17.0 Å². The van der Waals surface area contributed by atoms with Gasteiger partial charge in [-0.25, -0.2) is 4.79 Å². The second kappa shape index (κ2) is 5.43. The topological polar surface area (TPSA) is 64.2 Å². The van der Waals surface area contributed by atoms with E-state index in [-0.39, 0.29) is 18.5 Å². The molecule has 1 aromatic heterocycles. The molecule has 1 unspecified atom stereocenters. The highest BCUT2D eigenvalue weighted by Gasteiger charge is 2.24. The van der Waals surface area contributed by atoms with Gasteiger partial charge < -0.3 is 9.73 Å². The average molecular weight is 308 g/mol. The van der Waals surface area contributed by atoms with Crippen LogP contribution in [0.2, 0.25) is 0 Å². The monoisotopic (exact) mass is 308 g/mol. The Morgan fingerprint density at radius 1 is 1.17 bits per heavy atom. The normalized spacial score (nSPS) is 16.4. The molecule has 0 radical (unpaired) electrons. The lowest BCUT2D eigenvalue weighted by Crippen LogP contribution is -2.32. The Kier molecular flexibility index (Phi) is 3.26. The number of nitrogens with zero attached hydrogens (tertiary/aromatic N) is 1. The molecule has 1 aliphatic carbocycles. The van der Waals surface area contributed by atoms with Gasteiger partial charge in [0, 0.05) is 0 Å². The van der Waals surface area contributed by atoms with Crippen molar-refractivity contribution in [1.29, 1.82) is 0 Å². The molecule has 1 N–H and O–H groups in total. The number of aromatic nitrogens is 1. The molecule has 5 nitrogen and oxygen atoms in total. The number of nitrogens with one attached hydrogen (secondary N) is 1. The molecule has 4 rings (SSSR count). The van der Waals surface area contributed by atoms with E-state index in [1.54, 1.807) is 18.2 Å². The van der Waals surface area contributed by atoms with Crippen LogP contribution < -0.4 is 11.1 Å². The Morgan fingerprint density at radius 2 is 1.96 bits per heavy atom. The SMILES string of the molecule is O=C(Cn1c(=O)oc2ccccc21)NC1CCc2ccccc21. The summed E-state index contributed by atoms with van der Waals surface area (Å²) in [6, 6.07) is 15.3. The zero-order valence-electron chi connectivity index (χ0n) is 12.5. The number of carbonyl (C=O) groups is 1. The van der Waals surface area contributed by atoms with Crippen molar-refractivity contribution in [3.63, 3.8) is 0 Å². The van der Waals surface area contributed by atoms with E-state index in [1.807, 2.05) is 24.3 Å². The third kappa shape index (κ3) is 2.44. The minimum Gasteiger partial charge on any atom is -0.408 e. The van der Waals surface area contributed by atoms with Gasteiger partial charge >= 0.3 is 5.76 Å². The fraction of sp³-hybridized carbons (Fsp3) is 0.222. The summed E-state index contributed by atoms with van der Waals surface area (Å²) >= 11 is 0. The van der Waals surface area contributed by atoms with Crippen molar-refractivity contribution in [2.45, 2.75) is 25.4 Å². The number of fused-ring (bicyclic) bond motifs is 2. The number of hydrogen-bond donors (Lipinski definition) is 1. The maximum absolute atomic E-state index is 12.4. The van der Waals surface area contributed by atoms with Crippen LogP contribution in [0.4, 0.5) is 0 Å². The first-order chi connectivity index (χ1) is 11.2. The molecule has 0 aliphatic heterocycles. The van der Waals surface area contributed by atoms with Crippen LogP contribution in [-0.2, 0) is 17.8 Å². The van der Waals surface area contributed by atoms with Gasteiger partial charge in [-0.1, -0.05) is 36.4 Å². The fourth-order valence-electron chi connectivity index (χ4n) is 3.25. The van der Waals surface area contributed by atoms with Gasteiger partial charge in [0.05, 0.1) is 11.6 Å². The van der Waals surface area contributed by atoms with E-state index in [2.05, 4.69) is 11.4 Å². The summed E-state index contributed by atoms with van der Waals surface area (Å²) in [4.78, 5) is 24.3. The zero-order valence-corrected chi connectivity index (χ0v) is 12.5. The van der Waals surface area contributed by atoms with Gasteiger partial charge in [0.1, 0.15) is 6.54 Å². The lowest BCUT2D eigenvalue weighted by atomic mass is 10.1. The Bertz CT molecular complexity index is 939. The maximum atomic E-state index is 12.4. The van der Waals surface area contributed by atoms with Crippen molar-refractivity contribution < 1.29 is 9.21 Å². The highest BCUT2D eigenvalue weighted by atomic mass is 16.4. The predicted molar refractivity (Wildman–Crippen MR) is 86.1 cm³/mol. The van der Waals surface area contributed by atoms with E-state index in [0.29, 0.717) is 11.1 Å². The van der Waals surface area contributed by atoms with Gasteiger partial charge in [-0.3, -0.25) is 9.36 Å². The number of benzene rings is 2. The number of para-hydroxylation sites is 2. The molecule has 1 amide bonds.